The maximum Gasteiger partial charge on any atom is 0.326 e. The zero-order valence-corrected chi connectivity index (χ0v) is 9.52. The van der Waals surface area contributed by atoms with E-state index in [1.165, 1.54) is 18.3 Å². The second-order valence-electron chi connectivity index (χ2n) is 3.24. The summed E-state index contributed by atoms with van der Waals surface area (Å²) in [6, 6.07) is 1.68. The Balaban J connectivity index is 2.73. The fourth-order valence-corrected chi connectivity index (χ4v) is 1.31. The van der Waals surface area contributed by atoms with Gasteiger partial charge in [-0.3, -0.25) is 9.78 Å². The van der Waals surface area contributed by atoms with E-state index in [4.69, 9.17) is 21.8 Å². The van der Waals surface area contributed by atoms with Gasteiger partial charge in [-0.2, -0.15) is 0 Å². The van der Waals surface area contributed by atoms with Gasteiger partial charge < -0.3 is 15.5 Å². The van der Waals surface area contributed by atoms with Gasteiger partial charge in [-0.15, -0.1) is 0 Å². The molecule has 0 radical (unpaired) electrons. The van der Waals surface area contributed by atoms with Gasteiger partial charge in [0.1, 0.15) is 11.7 Å². The molecule has 1 rings (SSSR count). The highest BCUT2D eigenvalue weighted by Gasteiger charge is 2.20. The fourth-order valence-electron chi connectivity index (χ4n) is 1.15. The van der Waals surface area contributed by atoms with Gasteiger partial charge in [0.2, 0.25) is 0 Å². The molecule has 0 fully saturated rings. The van der Waals surface area contributed by atoms with Crippen molar-refractivity contribution in [1.29, 1.82) is 0 Å². The smallest absolute Gasteiger partial charge is 0.326 e. The van der Waals surface area contributed by atoms with E-state index in [0.717, 1.165) is 0 Å². The normalized spacial score (nSPS) is 11.9. The van der Waals surface area contributed by atoms with Gasteiger partial charge in [-0.05, 0) is 12.1 Å². The van der Waals surface area contributed by atoms with Crippen molar-refractivity contribution >= 4 is 23.5 Å². The number of rotatable bonds is 5. The quantitative estimate of drug-likeness (QED) is 0.705. The highest BCUT2D eigenvalue weighted by molar-refractivity contribution is 6.30. The number of aliphatic hydroxyl groups is 1. The van der Waals surface area contributed by atoms with Crippen molar-refractivity contribution in [3.63, 3.8) is 0 Å². The molecule has 92 valence electrons. The van der Waals surface area contributed by atoms with Crippen molar-refractivity contribution in [2.75, 3.05) is 6.61 Å². The van der Waals surface area contributed by atoms with Crippen LogP contribution in [0.15, 0.2) is 18.3 Å². The number of halogens is 1. The van der Waals surface area contributed by atoms with Gasteiger partial charge in [0, 0.05) is 24.2 Å². The van der Waals surface area contributed by atoms with Crippen molar-refractivity contribution in [3.8, 4) is 0 Å². The molecule has 0 aliphatic rings. The second-order valence-corrected chi connectivity index (χ2v) is 3.67. The highest BCUT2D eigenvalue weighted by Crippen LogP contribution is 2.08. The Morgan fingerprint density at radius 1 is 1.53 bits per heavy atom. The van der Waals surface area contributed by atoms with Crippen LogP contribution in [0, 0.1) is 0 Å². The molecule has 17 heavy (non-hydrogen) atoms. The Labute approximate surface area is 102 Å². The Kier molecular flexibility index (Phi) is 4.86. The van der Waals surface area contributed by atoms with Crippen LogP contribution in [0.2, 0.25) is 5.02 Å². The molecule has 0 bridgehead atoms. The first-order valence-corrected chi connectivity index (χ1v) is 5.18. The lowest BCUT2D eigenvalue weighted by atomic mass is 10.2. The Morgan fingerprint density at radius 3 is 2.76 bits per heavy atom. The molecule has 0 unspecified atom stereocenters. The van der Waals surface area contributed by atoms with Crippen LogP contribution in [0.1, 0.15) is 16.9 Å². The molecule has 0 saturated heterocycles. The molecule has 0 aliphatic carbocycles. The molecule has 1 heterocycles. The van der Waals surface area contributed by atoms with E-state index in [9.17, 15) is 9.59 Å². The minimum Gasteiger partial charge on any atom is -0.480 e. The molecule has 0 aliphatic heterocycles. The van der Waals surface area contributed by atoms with Gasteiger partial charge in [0.05, 0.1) is 0 Å². The van der Waals surface area contributed by atoms with Gasteiger partial charge in [0.25, 0.3) is 5.91 Å². The number of hydrogen-bond donors (Lipinski definition) is 3. The van der Waals surface area contributed by atoms with Crippen LogP contribution in [-0.4, -0.2) is 39.7 Å². The van der Waals surface area contributed by atoms with E-state index < -0.39 is 17.9 Å². The van der Waals surface area contributed by atoms with Crippen molar-refractivity contribution in [3.05, 3.63) is 29.0 Å². The predicted octanol–water partition coefficient (Wildman–Crippen LogP) is 0.300. The second kappa shape index (κ2) is 6.17. The van der Waals surface area contributed by atoms with Crippen molar-refractivity contribution in [1.82, 2.24) is 10.3 Å². The standard InChI is InChI=1S/C10H11ClN2O4/c11-6-1-3-12-8(5-6)9(15)13-7(2-4-14)10(16)17/h1,3,5,7,14H,2,4H2,(H,13,15)(H,16,17)/t7-/m0/s1. The number of pyridine rings is 1. The number of carboxylic acid groups (broad SMARTS) is 1. The van der Waals surface area contributed by atoms with E-state index in [-0.39, 0.29) is 18.7 Å². The number of aliphatic hydroxyl groups excluding tert-OH is 1. The zero-order chi connectivity index (χ0) is 12.8. The first-order valence-electron chi connectivity index (χ1n) is 4.80. The van der Waals surface area contributed by atoms with Crippen LogP contribution in [0.5, 0.6) is 0 Å². The lowest BCUT2D eigenvalue weighted by Crippen LogP contribution is -2.41. The average Bonchev–Trinajstić information content (AvgIpc) is 2.28. The molecule has 1 atom stereocenters. The number of carbonyl (C=O) groups is 2. The molecule has 1 aromatic rings. The summed E-state index contributed by atoms with van der Waals surface area (Å²) in [7, 11) is 0. The summed E-state index contributed by atoms with van der Waals surface area (Å²) in [5.41, 5.74) is 0.0293. The largest absolute Gasteiger partial charge is 0.480 e. The summed E-state index contributed by atoms with van der Waals surface area (Å²) in [6.45, 7) is -0.333. The van der Waals surface area contributed by atoms with Crippen LogP contribution in [0.3, 0.4) is 0 Å². The number of hydrogen-bond acceptors (Lipinski definition) is 4. The summed E-state index contributed by atoms with van der Waals surface area (Å²) in [4.78, 5) is 26.1. The first-order chi connectivity index (χ1) is 8.04. The van der Waals surface area contributed by atoms with Gasteiger partial charge >= 0.3 is 5.97 Å². The third-order valence-electron chi connectivity index (χ3n) is 1.98. The Morgan fingerprint density at radius 2 is 2.24 bits per heavy atom. The molecule has 6 nitrogen and oxygen atoms in total. The van der Waals surface area contributed by atoms with Crippen LogP contribution in [-0.2, 0) is 4.79 Å². The molecule has 0 aromatic carbocycles. The van der Waals surface area contributed by atoms with Gasteiger partial charge in [-0.25, -0.2) is 4.79 Å². The lowest BCUT2D eigenvalue weighted by Gasteiger charge is -2.12. The summed E-state index contributed by atoms with van der Waals surface area (Å²) in [5.74, 6) is -1.86. The molecule has 7 heteroatoms. The summed E-state index contributed by atoms with van der Waals surface area (Å²) in [5, 5.41) is 20.0. The first kappa shape index (κ1) is 13.4. The van der Waals surface area contributed by atoms with Crippen LogP contribution in [0.4, 0.5) is 0 Å². The van der Waals surface area contributed by atoms with Gasteiger partial charge in [0.15, 0.2) is 0 Å². The summed E-state index contributed by atoms with van der Waals surface area (Å²) >= 11 is 5.67. The number of carboxylic acids is 1. The third kappa shape index (κ3) is 4.01. The van der Waals surface area contributed by atoms with E-state index in [2.05, 4.69) is 10.3 Å². The SMILES string of the molecule is O=C(N[C@@H](CCO)C(=O)O)c1cc(Cl)ccn1. The molecule has 1 amide bonds. The number of nitrogens with zero attached hydrogens (tertiary/aromatic N) is 1. The Bertz CT molecular complexity index is 425. The van der Waals surface area contributed by atoms with E-state index in [1.54, 1.807) is 0 Å². The molecule has 3 N–H and O–H groups in total. The number of aliphatic carboxylic acids is 1. The average molecular weight is 259 g/mol. The van der Waals surface area contributed by atoms with Gasteiger partial charge in [-0.1, -0.05) is 11.6 Å². The number of nitrogens with one attached hydrogen (secondary N) is 1. The minimum atomic E-state index is -1.21. The number of carbonyl (C=O) groups excluding carboxylic acids is 1. The lowest BCUT2D eigenvalue weighted by molar-refractivity contribution is -0.139. The van der Waals surface area contributed by atoms with Crippen LogP contribution < -0.4 is 5.32 Å². The maximum atomic E-state index is 11.6. The highest BCUT2D eigenvalue weighted by atomic mass is 35.5. The van der Waals surface area contributed by atoms with E-state index in [1.807, 2.05) is 0 Å². The van der Waals surface area contributed by atoms with Crippen molar-refractivity contribution in [2.24, 2.45) is 0 Å². The molecule has 0 saturated carbocycles. The molecular weight excluding hydrogens is 248 g/mol. The van der Waals surface area contributed by atoms with Crippen LogP contribution in [0.25, 0.3) is 0 Å². The van der Waals surface area contributed by atoms with Crippen molar-refractivity contribution in [2.45, 2.75) is 12.5 Å². The zero-order valence-electron chi connectivity index (χ0n) is 8.76. The van der Waals surface area contributed by atoms with E-state index >= 15 is 0 Å². The number of aromatic nitrogens is 1. The Hall–Kier alpha value is -1.66. The predicted molar refractivity (Wildman–Crippen MR) is 59.8 cm³/mol. The third-order valence-corrected chi connectivity index (χ3v) is 2.21. The topological polar surface area (TPSA) is 99.5 Å². The molecular formula is C10H11ClN2O4. The minimum absolute atomic E-state index is 0.0293. The molecule has 0 spiro atoms. The van der Waals surface area contributed by atoms with E-state index in [0.29, 0.717) is 5.02 Å². The number of amides is 1. The van der Waals surface area contributed by atoms with Crippen molar-refractivity contribution < 1.29 is 19.8 Å². The fraction of sp³-hybridized carbons (Fsp3) is 0.300. The maximum absolute atomic E-state index is 11.6. The summed E-state index contributed by atoms with van der Waals surface area (Å²) < 4.78 is 0. The summed E-state index contributed by atoms with van der Waals surface area (Å²) in [6.07, 6.45) is 1.28. The molecule has 1 aromatic heterocycles. The monoisotopic (exact) mass is 258 g/mol. The van der Waals surface area contributed by atoms with Crippen LogP contribution >= 0.6 is 11.6 Å².